The normalized spacial score (nSPS) is 11.6. The first-order valence-corrected chi connectivity index (χ1v) is 9.64. The Labute approximate surface area is 180 Å². The standard InChI is InChI=1S/C19H13BrF4N6O/c20-11-3-1-10(2-4-11)8-29-9-12(7-25-29)26-19(31)14-6-16-27-13(17(21)22)5-15(18(23)24)30(16)28-14/h1-7,9,17-18H,8H2,(H,26,31). The molecule has 0 unspecified atom stereocenters. The van der Waals surface area contributed by atoms with Gasteiger partial charge in [0.1, 0.15) is 11.4 Å². The second kappa shape index (κ2) is 8.46. The maximum absolute atomic E-state index is 13.3. The van der Waals surface area contributed by atoms with Gasteiger partial charge in [-0.15, -0.1) is 0 Å². The molecule has 0 atom stereocenters. The van der Waals surface area contributed by atoms with Gasteiger partial charge in [0.15, 0.2) is 11.3 Å². The molecule has 0 saturated heterocycles. The lowest BCUT2D eigenvalue weighted by Crippen LogP contribution is -2.12. The zero-order chi connectivity index (χ0) is 22.1. The van der Waals surface area contributed by atoms with Crippen LogP contribution in [0.5, 0.6) is 0 Å². The number of aromatic nitrogens is 5. The molecule has 0 saturated carbocycles. The van der Waals surface area contributed by atoms with Crippen LogP contribution in [0.15, 0.2) is 53.3 Å². The third-order valence-electron chi connectivity index (χ3n) is 4.30. The van der Waals surface area contributed by atoms with Crippen molar-refractivity contribution in [3.8, 4) is 0 Å². The third-order valence-corrected chi connectivity index (χ3v) is 4.83. The van der Waals surface area contributed by atoms with Gasteiger partial charge in [-0.1, -0.05) is 28.1 Å². The number of nitrogens with zero attached hydrogens (tertiary/aromatic N) is 5. The number of benzene rings is 1. The van der Waals surface area contributed by atoms with Crippen molar-refractivity contribution in [2.45, 2.75) is 19.4 Å². The van der Waals surface area contributed by atoms with Crippen molar-refractivity contribution in [2.24, 2.45) is 0 Å². The summed E-state index contributed by atoms with van der Waals surface area (Å²) < 4.78 is 55.6. The fraction of sp³-hybridized carbons (Fsp3) is 0.158. The van der Waals surface area contributed by atoms with Crippen molar-refractivity contribution in [3.63, 3.8) is 0 Å². The minimum Gasteiger partial charge on any atom is -0.318 e. The molecule has 0 bridgehead atoms. The van der Waals surface area contributed by atoms with Crippen LogP contribution in [0.1, 0.15) is 40.3 Å². The summed E-state index contributed by atoms with van der Waals surface area (Å²) in [7, 11) is 0. The molecular formula is C19H13BrF4N6O. The van der Waals surface area contributed by atoms with E-state index >= 15 is 0 Å². The van der Waals surface area contributed by atoms with Gasteiger partial charge in [-0.05, 0) is 23.8 Å². The minimum absolute atomic E-state index is 0.249. The Morgan fingerprint density at radius 3 is 2.52 bits per heavy atom. The van der Waals surface area contributed by atoms with E-state index in [9.17, 15) is 22.4 Å². The van der Waals surface area contributed by atoms with Crippen molar-refractivity contribution in [1.82, 2.24) is 24.4 Å². The molecule has 4 aromatic rings. The fourth-order valence-electron chi connectivity index (χ4n) is 2.88. The van der Waals surface area contributed by atoms with Gasteiger partial charge >= 0.3 is 0 Å². The Balaban J connectivity index is 1.54. The number of carbonyl (C=O) groups is 1. The van der Waals surface area contributed by atoms with Gasteiger partial charge in [-0.3, -0.25) is 9.48 Å². The molecule has 0 radical (unpaired) electrons. The van der Waals surface area contributed by atoms with E-state index < -0.39 is 30.1 Å². The van der Waals surface area contributed by atoms with E-state index in [2.05, 4.69) is 36.4 Å². The fourth-order valence-corrected chi connectivity index (χ4v) is 3.15. The van der Waals surface area contributed by atoms with Gasteiger partial charge in [0.2, 0.25) is 0 Å². The van der Waals surface area contributed by atoms with E-state index in [1.165, 1.54) is 6.20 Å². The Kier molecular flexibility index (Phi) is 5.72. The van der Waals surface area contributed by atoms with E-state index in [4.69, 9.17) is 0 Å². The van der Waals surface area contributed by atoms with Gasteiger partial charge in [0.25, 0.3) is 18.8 Å². The van der Waals surface area contributed by atoms with Crippen LogP contribution in [0.4, 0.5) is 23.2 Å². The molecule has 3 heterocycles. The van der Waals surface area contributed by atoms with Crippen LogP contribution in [0.3, 0.4) is 0 Å². The Bertz CT molecular complexity index is 1240. The summed E-state index contributed by atoms with van der Waals surface area (Å²) in [6.45, 7) is 0.468. The summed E-state index contributed by atoms with van der Waals surface area (Å²) in [6, 6.07) is 9.27. The number of fused-ring (bicyclic) bond motifs is 1. The lowest BCUT2D eigenvalue weighted by molar-refractivity contribution is 0.102. The Morgan fingerprint density at radius 2 is 1.84 bits per heavy atom. The predicted molar refractivity (Wildman–Crippen MR) is 106 cm³/mol. The van der Waals surface area contributed by atoms with Crippen molar-refractivity contribution in [2.75, 3.05) is 5.32 Å². The van der Waals surface area contributed by atoms with Crippen LogP contribution in [0, 0.1) is 0 Å². The minimum atomic E-state index is -3.07. The van der Waals surface area contributed by atoms with Gasteiger partial charge in [0.05, 0.1) is 18.4 Å². The molecule has 12 heteroatoms. The third kappa shape index (κ3) is 4.58. The van der Waals surface area contributed by atoms with Crippen molar-refractivity contribution in [1.29, 1.82) is 0 Å². The molecule has 1 N–H and O–H groups in total. The first-order valence-electron chi connectivity index (χ1n) is 8.85. The van der Waals surface area contributed by atoms with Gasteiger partial charge in [-0.2, -0.15) is 10.2 Å². The molecular weight excluding hydrogens is 484 g/mol. The van der Waals surface area contributed by atoms with Crippen LogP contribution in [0.2, 0.25) is 0 Å². The number of nitrogens with one attached hydrogen (secondary N) is 1. The molecule has 1 aromatic carbocycles. The first kappa shape index (κ1) is 21.0. The first-order chi connectivity index (χ1) is 14.8. The number of rotatable bonds is 6. The van der Waals surface area contributed by atoms with Crippen LogP contribution < -0.4 is 5.32 Å². The molecule has 31 heavy (non-hydrogen) atoms. The van der Waals surface area contributed by atoms with Gasteiger partial charge in [-0.25, -0.2) is 27.1 Å². The SMILES string of the molecule is O=C(Nc1cnn(Cc2ccc(Br)cc2)c1)c1cc2nc(C(F)F)cc(C(F)F)n2n1. The summed E-state index contributed by atoms with van der Waals surface area (Å²) >= 11 is 3.36. The number of anilines is 1. The summed E-state index contributed by atoms with van der Waals surface area (Å²) in [5.41, 5.74) is -0.768. The Morgan fingerprint density at radius 1 is 1.10 bits per heavy atom. The van der Waals surface area contributed by atoms with E-state index in [1.807, 2.05) is 24.3 Å². The average molecular weight is 497 g/mol. The number of hydrogen-bond acceptors (Lipinski definition) is 4. The lowest BCUT2D eigenvalue weighted by atomic mass is 10.2. The molecule has 0 aliphatic heterocycles. The van der Waals surface area contributed by atoms with Crippen LogP contribution in [-0.2, 0) is 6.54 Å². The molecule has 4 rings (SSSR count). The number of hydrogen-bond donors (Lipinski definition) is 1. The molecule has 0 spiro atoms. The maximum Gasteiger partial charge on any atom is 0.280 e. The highest BCUT2D eigenvalue weighted by Gasteiger charge is 2.22. The zero-order valence-corrected chi connectivity index (χ0v) is 17.1. The predicted octanol–water partition coefficient (Wildman–Crippen LogP) is 4.86. The highest BCUT2D eigenvalue weighted by atomic mass is 79.9. The van der Waals surface area contributed by atoms with E-state index in [-0.39, 0.29) is 11.3 Å². The van der Waals surface area contributed by atoms with E-state index in [1.54, 1.807) is 10.9 Å². The summed E-state index contributed by atoms with van der Waals surface area (Å²) in [6.07, 6.45) is -3.10. The summed E-state index contributed by atoms with van der Waals surface area (Å²) in [4.78, 5) is 16.1. The summed E-state index contributed by atoms with van der Waals surface area (Å²) in [5.74, 6) is -0.715. The van der Waals surface area contributed by atoms with Crippen LogP contribution in [0.25, 0.3) is 5.65 Å². The molecule has 7 nitrogen and oxygen atoms in total. The van der Waals surface area contributed by atoms with Gasteiger partial charge < -0.3 is 5.32 Å². The lowest BCUT2D eigenvalue weighted by Gasteiger charge is -2.06. The van der Waals surface area contributed by atoms with Crippen molar-refractivity contribution in [3.05, 3.63) is 75.9 Å². The van der Waals surface area contributed by atoms with E-state index in [0.29, 0.717) is 22.8 Å². The Hall–Kier alpha value is -3.28. The van der Waals surface area contributed by atoms with E-state index in [0.717, 1.165) is 16.1 Å². The molecule has 0 aliphatic carbocycles. The highest BCUT2D eigenvalue weighted by Crippen LogP contribution is 2.25. The monoisotopic (exact) mass is 496 g/mol. The van der Waals surface area contributed by atoms with Crippen molar-refractivity contribution < 1.29 is 22.4 Å². The molecule has 0 aliphatic rings. The molecule has 3 aromatic heterocycles. The number of alkyl halides is 4. The van der Waals surface area contributed by atoms with Gasteiger partial charge in [0, 0.05) is 16.7 Å². The topological polar surface area (TPSA) is 77.1 Å². The second-order valence-electron chi connectivity index (χ2n) is 6.51. The van der Waals surface area contributed by atoms with Crippen LogP contribution in [-0.4, -0.2) is 30.3 Å². The smallest absolute Gasteiger partial charge is 0.280 e. The molecule has 1 amide bonds. The number of carbonyl (C=O) groups excluding carboxylic acids is 1. The molecule has 160 valence electrons. The molecule has 0 fully saturated rings. The second-order valence-corrected chi connectivity index (χ2v) is 7.43. The number of halogens is 5. The quantitative estimate of drug-likeness (QED) is 0.386. The zero-order valence-electron chi connectivity index (χ0n) is 15.5. The van der Waals surface area contributed by atoms with Crippen LogP contribution >= 0.6 is 15.9 Å². The maximum atomic E-state index is 13.3. The number of amides is 1. The largest absolute Gasteiger partial charge is 0.318 e. The summed E-state index contributed by atoms with van der Waals surface area (Å²) in [5, 5.41) is 10.5. The average Bonchev–Trinajstić information content (AvgIpc) is 3.35. The highest BCUT2D eigenvalue weighted by molar-refractivity contribution is 9.10. The van der Waals surface area contributed by atoms with Crippen molar-refractivity contribution >= 4 is 33.2 Å².